The van der Waals surface area contributed by atoms with Crippen molar-refractivity contribution < 1.29 is 19.1 Å². The highest BCUT2D eigenvalue weighted by Gasteiger charge is 2.68. The van der Waals surface area contributed by atoms with Gasteiger partial charge in [0.05, 0.1) is 5.41 Å². The van der Waals surface area contributed by atoms with Gasteiger partial charge in [-0.05, 0) is 25.7 Å². The van der Waals surface area contributed by atoms with E-state index in [2.05, 4.69) is 0 Å². The van der Waals surface area contributed by atoms with Crippen LogP contribution in [0.1, 0.15) is 13.3 Å². The summed E-state index contributed by atoms with van der Waals surface area (Å²) in [5.74, 6) is 0.356. The molecule has 2 bridgehead atoms. The molecule has 0 aliphatic heterocycles. The second-order valence-corrected chi connectivity index (χ2v) is 6.37. The minimum absolute atomic E-state index is 0.0790. The van der Waals surface area contributed by atoms with E-state index in [1.54, 1.807) is 31.9 Å². The fraction of sp³-hybridized carbons (Fsp3) is 0.714. The zero-order valence-electron chi connectivity index (χ0n) is 11.8. The van der Waals surface area contributed by atoms with Crippen molar-refractivity contribution in [3.8, 4) is 0 Å². The third-order valence-electron chi connectivity index (χ3n) is 4.68. The summed E-state index contributed by atoms with van der Waals surface area (Å²) in [5.41, 5.74) is -2.90. The molecule has 1 fully saturated rings. The fourth-order valence-electron chi connectivity index (χ4n) is 3.48. The van der Waals surface area contributed by atoms with Crippen molar-refractivity contribution in [2.75, 3.05) is 26.2 Å². The van der Waals surface area contributed by atoms with Gasteiger partial charge in [0, 0.05) is 25.9 Å². The molecule has 0 radical (unpaired) electrons. The summed E-state index contributed by atoms with van der Waals surface area (Å²) in [5, 5.41) is 0. The molecule has 3 rings (SSSR count). The number of ketones is 1. The van der Waals surface area contributed by atoms with Crippen LogP contribution in [0.3, 0.4) is 0 Å². The number of Topliss-reactive ketones (excluding diaryl/α,β-unsaturated/α-hetero) is 1. The molecule has 106 valence electrons. The third kappa shape index (κ3) is 1.61. The van der Waals surface area contributed by atoms with E-state index in [1.807, 2.05) is 12.3 Å². The second kappa shape index (κ2) is 4.72. The Kier molecular flexibility index (Phi) is 3.66. The lowest BCUT2D eigenvalue weighted by Crippen LogP contribution is -2.72. The molecule has 0 N–H and O–H groups in total. The summed E-state index contributed by atoms with van der Waals surface area (Å²) in [7, 11) is 3.04. The minimum atomic E-state index is -1.20. The van der Waals surface area contributed by atoms with Crippen molar-refractivity contribution >= 4 is 23.8 Å². The average Bonchev–Trinajstić information content (AvgIpc) is 2.43. The number of methoxy groups -OCH3 is 2. The van der Waals surface area contributed by atoms with E-state index in [4.69, 9.17) is 9.47 Å². The molecule has 0 spiro atoms. The Morgan fingerprint density at radius 3 is 2.63 bits per heavy atom. The maximum absolute atomic E-state index is 13.0. The first kappa shape index (κ1) is 14.8. The van der Waals surface area contributed by atoms with Crippen LogP contribution in [0.2, 0.25) is 0 Å². The Morgan fingerprint density at radius 1 is 1.47 bits per heavy atom. The fourth-order valence-corrected chi connectivity index (χ4v) is 4.37. The quantitative estimate of drug-likeness (QED) is 0.565. The first-order valence-corrected chi connectivity index (χ1v) is 7.65. The largest absolute Gasteiger partial charge is 0.369 e. The first-order chi connectivity index (χ1) is 8.96. The molecule has 0 unspecified atom stereocenters. The number of ether oxygens (including phenoxy) is 2. The van der Waals surface area contributed by atoms with Gasteiger partial charge in [-0.2, -0.15) is 11.8 Å². The molecule has 19 heavy (non-hydrogen) atoms. The summed E-state index contributed by atoms with van der Waals surface area (Å²) in [6.07, 6.45) is 7.08. The van der Waals surface area contributed by atoms with Crippen molar-refractivity contribution in [3.05, 3.63) is 12.2 Å². The van der Waals surface area contributed by atoms with Gasteiger partial charge in [-0.3, -0.25) is 4.79 Å². The lowest BCUT2D eigenvalue weighted by molar-refractivity contribution is -0.194. The maximum atomic E-state index is 13.0. The number of hydrogen-bond donors (Lipinski definition) is 0. The van der Waals surface area contributed by atoms with Crippen LogP contribution >= 0.6 is 11.8 Å². The average molecular weight is 284 g/mol. The van der Waals surface area contributed by atoms with E-state index >= 15 is 0 Å². The zero-order chi connectivity index (χ0) is 14.3. The summed E-state index contributed by atoms with van der Waals surface area (Å²) in [6.45, 7) is 1.79. The van der Waals surface area contributed by atoms with E-state index in [0.29, 0.717) is 12.2 Å². The Bertz CT molecular complexity index is 435. The molecular weight excluding hydrogens is 264 g/mol. The Balaban J connectivity index is 2.59. The molecular formula is C14H20O4S. The number of hydrogen-bond acceptors (Lipinski definition) is 5. The normalized spacial score (nSPS) is 44.6. The van der Waals surface area contributed by atoms with Crippen molar-refractivity contribution in [3.63, 3.8) is 0 Å². The van der Waals surface area contributed by atoms with Crippen LogP contribution in [-0.4, -0.2) is 49.5 Å². The van der Waals surface area contributed by atoms with Crippen molar-refractivity contribution in [1.82, 2.24) is 0 Å². The lowest BCUT2D eigenvalue weighted by Gasteiger charge is -2.57. The Hall–Kier alpha value is -0.650. The highest BCUT2D eigenvalue weighted by molar-refractivity contribution is 7.98. The molecule has 5 heteroatoms. The van der Waals surface area contributed by atoms with Crippen LogP contribution in [0.25, 0.3) is 0 Å². The van der Waals surface area contributed by atoms with Gasteiger partial charge >= 0.3 is 0 Å². The van der Waals surface area contributed by atoms with Crippen LogP contribution in [0, 0.1) is 11.3 Å². The summed E-state index contributed by atoms with van der Waals surface area (Å²) < 4.78 is 11.1. The van der Waals surface area contributed by atoms with Crippen LogP contribution < -0.4 is 0 Å². The molecule has 0 heterocycles. The van der Waals surface area contributed by atoms with E-state index in [9.17, 15) is 9.59 Å². The number of fused-ring (bicyclic) bond motifs is 2. The van der Waals surface area contributed by atoms with Gasteiger partial charge in [0.1, 0.15) is 11.9 Å². The van der Waals surface area contributed by atoms with Gasteiger partial charge in [0.15, 0.2) is 5.60 Å². The predicted octanol–water partition coefficient (Wildman–Crippen LogP) is 1.48. The van der Waals surface area contributed by atoms with Gasteiger partial charge < -0.3 is 14.3 Å². The van der Waals surface area contributed by atoms with Crippen molar-refractivity contribution in [2.24, 2.45) is 11.3 Å². The van der Waals surface area contributed by atoms with E-state index in [-0.39, 0.29) is 11.7 Å². The highest BCUT2D eigenvalue weighted by atomic mass is 32.2. The van der Waals surface area contributed by atoms with Crippen LogP contribution in [0.15, 0.2) is 12.2 Å². The minimum Gasteiger partial charge on any atom is -0.369 e. The Labute approximate surface area is 117 Å². The van der Waals surface area contributed by atoms with Gasteiger partial charge in [0.25, 0.3) is 0 Å². The van der Waals surface area contributed by atoms with E-state index in [0.717, 1.165) is 6.29 Å². The SMILES string of the molecule is CO[C@]12C=C[C@H](C[C@]1(C)C=O)[C@](CSC)(OC)C2=O. The molecule has 1 saturated carbocycles. The predicted molar refractivity (Wildman–Crippen MR) is 74.3 cm³/mol. The molecule has 4 atom stereocenters. The van der Waals surface area contributed by atoms with Gasteiger partial charge in [0.2, 0.25) is 5.78 Å². The number of rotatable bonds is 5. The topological polar surface area (TPSA) is 52.6 Å². The maximum Gasteiger partial charge on any atom is 0.202 e. The summed E-state index contributed by atoms with van der Waals surface area (Å²) in [6, 6.07) is 0. The molecule has 3 aliphatic rings. The summed E-state index contributed by atoms with van der Waals surface area (Å²) in [4.78, 5) is 24.5. The lowest BCUT2D eigenvalue weighted by atomic mass is 9.52. The van der Waals surface area contributed by atoms with Gasteiger partial charge in [-0.25, -0.2) is 0 Å². The molecule has 0 aromatic heterocycles. The molecule has 4 nitrogen and oxygen atoms in total. The monoisotopic (exact) mass is 284 g/mol. The van der Waals surface area contributed by atoms with Crippen LogP contribution in [0.5, 0.6) is 0 Å². The second-order valence-electron chi connectivity index (χ2n) is 5.50. The molecule has 0 aromatic carbocycles. The Morgan fingerprint density at radius 2 is 2.16 bits per heavy atom. The molecule has 0 amide bonds. The smallest absolute Gasteiger partial charge is 0.202 e. The molecule has 0 aromatic rings. The zero-order valence-corrected chi connectivity index (χ0v) is 12.6. The highest BCUT2D eigenvalue weighted by Crippen LogP contribution is 2.55. The van der Waals surface area contributed by atoms with Gasteiger partial charge in [-0.15, -0.1) is 0 Å². The number of carbonyl (C=O) groups is 2. The summed E-state index contributed by atoms with van der Waals surface area (Å²) >= 11 is 1.57. The third-order valence-corrected chi connectivity index (χ3v) is 5.40. The molecule has 3 aliphatic carbocycles. The standard InChI is InChI=1S/C14H20O4S/c1-12(8-15)7-10-5-6-14(12,18-3)11(16)13(10,17-2)9-19-4/h5-6,8,10H,7,9H2,1-4H3/t10-,12-,13+,14+/m1/s1. The van der Waals surface area contributed by atoms with Gasteiger partial charge in [-0.1, -0.05) is 6.08 Å². The molecule has 0 saturated heterocycles. The van der Waals surface area contributed by atoms with Crippen molar-refractivity contribution in [2.45, 2.75) is 24.5 Å². The van der Waals surface area contributed by atoms with Crippen molar-refractivity contribution in [1.29, 1.82) is 0 Å². The number of aldehydes is 1. The van der Waals surface area contributed by atoms with E-state index < -0.39 is 16.6 Å². The number of thioether (sulfide) groups is 1. The number of carbonyl (C=O) groups excluding carboxylic acids is 2. The first-order valence-electron chi connectivity index (χ1n) is 6.26. The van der Waals surface area contributed by atoms with E-state index in [1.165, 1.54) is 7.11 Å². The van der Waals surface area contributed by atoms with Crippen LogP contribution in [0.4, 0.5) is 0 Å². The van der Waals surface area contributed by atoms with Crippen LogP contribution in [-0.2, 0) is 19.1 Å².